The second-order valence-corrected chi connectivity index (χ2v) is 7.30. The van der Waals surface area contributed by atoms with Crippen molar-refractivity contribution in [1.29, 1.82) is 0 Å². The largest absolute Gasteiger partial charge is 0.503 e. The molecule has 0 atom stereocenters. The van der Waals surface area contributed by atoms with Crippen molar-refractivity contribution in [3.8, 4) is 11.5 Å². The van der Waals surface area contributed by atoms with Gasteiger partial charge in [0.25, 0.3) is 0 Å². The van der Waals surface area contributed by atoms with Crippen LogP contribution in [0.4, 0.5) is 0 Å². The Labute approximate surface area is 129 Å². The third kappa shape index (κ3) is 3.89. The Balaban J connectivity index is 1.93. The molecule has 1 aromatic rings. The molecule has 0 spiro atoms. The summed E-state index contributed by atoms with van der Waals surface area (Å²) >= 11 is 3.36. The van der Waals surface area contributed by atoms with Crippen LogP contribution in [-0.2, 0) is 6.54 Å². The summed E-state index contributed by atoms with van der Waals surface area (Å²) in [5.41, 5.74) is 1.62. The summed E-state index contributed by atoms with van der Waals surface area (Å²) in [7, 11) is 1.57. The second kappa shape index (κ2) is 6.35. The van der Waals surface area contributed by atoms with E-state index in [-0.39, 0.29) is 5.75 Å². The molecule has 4 heteroatoms. The van der Waals surface area contributed by atoms with Gasteiger partial charge in [-0.25, -0.2) is 0 Å². The molecule has 112 valence electrons. The first-order chi connectivity index (χ1) is 9.41. The van der Waals surface area contributed by atoms with Crippen molar-refractivity contribution in [3.05, 3.63) is 22.2 Å². The summed E-state index contributed by atoms with van der Waals surface area (Å²) in [6.07, 6.45) is 5.05. The second-order valence-electron chi connectivity index (χ2n) is 6.45. The Morgan fingerprint density at radius 1 is 1.35 bits per heavy atom. The zero-order chi connectivity index (χ0) is 14.8. The number of phenolic OH excluding ortho intramolecular Hbond substituents is 1. The first-order valence-electron chi connectivity index (χ1n) is 7.20. The standard InChI is InChI=1S/C16H24BrNO2/c1-16(2)6-4-12(5-7-16)18-10-11-8-13(17)15(19)14(9-11)20-3/h8-9,12,18-19H,4-7,10H2,1-3H3. The molecule has 0 unspecified atom stereocenters. The highest BCUT2D eigenvalue weighted by atomic mass is 79.9. The normalized spacial score (nSPS) is 19.0. The van der Waals surface area contributed by atoms with Gasteiger partial charge in [-0.05, 0) is 64.7 Å². The van der Waals surface area contributed by atoms with Crippen LogP contribution in [0.1, 0.15) is 45.1 Å². The number of benzene rings is 1. The van der Waals surface area contributed by atoms with Crippen LogP contribution in [0.15, 0.2) is 16.6 Å². The quantitative estimate of drug-likeness (QED) is 0.861. The Kier molecular flexibility index (Phi) is 4.97. The lowest BCUT2D eigenvalue weighted by atomic mass is 9.75. The van der Waals surface area contributed by atoms with Crippen molar-refractivity contribution in [1.82, 2.24) is 5.32 Å². The fourth-order valence-electron chi connectivity index (χ4n) is 2.75. The van der Waals surface area contributed by atoms with E-state index in [4.69, 9.17) is 4.74 Å². The maximum absolute atomic E-state index is 9.80. The van der Waals surface area contributed by atoms with Gasteiger partial charge < -0.3 is 15.2 Å². The maximum atomic E-state index is 9.80. The van der Waals surface area contributed by atoms with Gasteiger partial charge in [0.2, 0.25) is 0 Å². The van der Waals surface area contributed by atoms with E-state index in [1.54, 1.807) is 7.11 Å². The minimum Gasteiger partial charge on any atom is -0.503 e. The summed E-state index contributed by atoms with van der Waals surface area (Å²) in [6, 6.07) is 4.43. The van der Waals surface area contributed by atoms with E-state index < -0.39 is 0 Å². The molecule has 1 aromatic carbocycles. The highest BCUT2D eigenvalue weighted by Gasteiger charge is 2.26. The number of halogens is 1. The minimum absolute atomic E-state index is 0.163. The average Bonchev–Trinajstić information content (AvgIpc) is 2.41. The van der Waals surface area contributed by atoms with Crippen molar-refractivity contribution >= 4 is 15.9 Å². The lowest BCUT2D eigenvalue weighted by Crippen LogP contribution is -2.35. The van der Waals surface area contributed by atoms with E-state index in [0.717, 1.165) is 12.1 Å². The smallest absolute Gasteiger partial charge is 0.172 e. The number of phenols is 1. The minimum atomic E-state index is 0.163. The molecule has 0 aliphatic heterocycles. The van der Waals surface area contributed by atoms with Gasteiger partial charge in [-0.2, -0.15) is 0 Å². The van der Waals surface area contributed by atoms with Crippen molar-refractivity contribution in [2.24, 2.45) is 5.41 Å². The summed E-state index contributed by atoms with van der Waals surface area (Å²) in [5, 5.41) is 13.4. The SMILES string of the molecule is COc1cc(CNC2CCC(C)(C)CC2)cc(Br)c1O. The van der Waals surface area contributed by atoms with Gasteiger partial charge in [0.15, 0.2) is 11.5 Å². The van der Waals surface area contributed by atoms with Crippen molar-refractivity contribution < 1.29 is 9.84 Å². The van der Waals surface area contributed by atoms with E-state index in [1.165, 1.54) is 25.7 Å². The molecule has 1 aliphatic rings. The predicted octanol–water partition coefficient (Wildman–Crippen LogP) is 4.22. The van der Waals surface area contributed by atoms with Crippen LogP contribution in [0, 0.1) is 5.41 Å². The van der Waals surface area contributed by atoms with Gasteiger partial charge in [-0.15, -0.1) is 0 Å². The lowest BCUT2D eigenvalue weighted by Gasteiger charge is -2.34. The van der Waals surface area contributed by atoms with Crippen LogP contribution in [0.25, 0.3) is 0 Å². The highest BCUT2D eigenvalue weighted by Crippen LogP contribution is 2.36. The van der Waals surface area contributed by atoms with E-state index in [9.17, 15) is 5.11 Å². The molecule has 2 N–H and O–H groups in total. The summed E-state index contributed by atoms with van der Waals surface area (Å²) in [6.45, 7) is 5.51. The van der Waals surface area contributed by atoms with Crippen molar-refractivity contribution in [3.63, 3.8) is 0 Å². The van der Waals surface area contributed by atoms with E-state index in [2.05, 4.69) is 35.1 Å². The van der Waals surface area contributed by atoms with Crippen LogP contribution < -0.4 is 10.1 Å². The first-order valence-corrected chi connectivity index (χ1v) is 7.99. The molecule has 0 heterocycles. The molecule has 0 amide bonds. The van der Waals surface area contributed by atoms with Crippen molar-refractivity contribution in [2.45, 2.75) is 52.1 Å². The topological polar surface area (TPSA) is 41.5 Å². The Morgan fingerprint density at radius 3 is 2.60 bits per heavy atom. The number of aromatic hydroxyl groups is 1. The van der Waals surface area contributed by atoms with Crippen LogP contribution >= 0.6 is 15.9 Å². The van der Waals surface area contributed by atoms with Gasteiger partial charge in [0.1, 0.15) is 0 Å². The van der Waals surface area contributed by atoms with Crippen LogP contribution in [-0.4, -0.2) is 18.3 Å². The Bertz CT molecular complexity index is 464. The molecule has 2 rings (SSSR count). The summed E-state index contributed by atoms with van der Waals surface area (Å²) in [4.78, 5) is 0. The van der Waals surface area contributed by atoms with Gasteiger partial charge in [-0.1, -0.05) is 13.8 Å². The number of nitrogens with one attached hydrogen (secondary N) is 1. The monoisotopic (exact) mass is 341 g/mol. The van der Waals surface area contributed by atoms with Gasteiger partial charge in [0, 0.05) is 12.6 Å². The number of methoxy groups -OCH3 is 1. The van der Waals surface area contributed by atoms with Gasteiger partial charge >= 0.3 is 0 Å². The molecular weight excluding hydrogens is 318 g/mol. The highest BCUT2D eigenvalue weighted by molar-refractivity contribution is 9.10. The molecule has 0 saturated heterocycles. The molecule has 20 heavy (non-hydrogen) atoms. The summed E-state index contributed by atoms with van der Waals surface area (Å²) < 4.78 is 5.86. The van der Waals surface area contributed by atoms with Gasteiger partial charge in [0.05, 0.1) is 11.6 Å². The van der Waals surface area contributed by atoms with Crippen LogP contribution in [0.5, 0.6) is 11.5 Å². The third-order valence-electron chi connectivity index (χ3n) is 4.24. The molecule has 3 nitrogen and oxygen atoms in total. The molecule has 0 aromatic heterocycles. The number of ether oxygens (including phenoxy) is 1. The van der Waals surface area contributed by atoms with Gasteiger partial charge in [-0.3, -0.25) is 0 Å². The molecule has 0 bridgehead atoms. The Hall–Kier alpha value is -0.740. The van der Waals surface area contributed by atoms with E-state index >= 15 is 0 Å². The molecule has 0 radical (unpaired) electrons. The fraction of sp³-hybridized carbons (Fsp3) is 0.625. The molecular formula is C16H24BrNO2. The molecule has 1 saturated carbocycles. The van der Waals surface area contributed by atoms with Crippen LogP contribution in [0.3, 0.4) is 0 Å². The molecule has 1 aliphatic carbocycles. The molecule has 1 fully saturated rings. The van der Waals surface area contributed by atoms with E-state index in [0.29, 0.717) is 21.7 Å². The first kappa shape index (κ1) is 15.6. The van der Waals surface area contributed by atoms with Crippen LogP contribution in [0.2, 0.25) is 0 Å². The Morgan fingerprint density at radius 2 is 2.00 bits per heavy atom. The zero-order valence-electron chi connectivity index (χ0n) is 12.5. The van der Waals surface area contributed by atoms with Crippen molar-refractivity contribution in [2.75, 3.05) is 7.11 Å². The fourth-order valence-corrected chi connectivity index (χ4v) is 3.24. The third-order valence-corrected chi connectivity index (χ3v) is 4.85. The lowest BCUT2D eigenvalue weighted by molar-refractivity contribution is 0.206. The summed E-state index contributed by atoms with van der Waals surface area (Å²) in [5.74, 6) is 0.677. The number of hydrogen-bond acceptors (Lipinski definition) is 3. The average molecular weight is 342 g/mol. The maximum Gasteiger partial charge on any atom is 0.172 e. The number of hydrogen-bond donors (Lipinski definition) is 2. The predicted molar refractivity (Wildman–Crippen MR) is 85.2 cm³/mol. The zero-order valence-corrected chi connectivity index (χ0v) is 14.1. The van der Waals surface area contributed by atoms with E-state index in [1.807, 2.05) is 12.1 Å². The number of rotatable bonds is 4.